The summed E-state index contributed by atoms with van der Waals surface area (Å²) in [6.07, 6.45) is 8.42. The van der Waals surface area contributed by atoms with Crippen LogP contribution in [0.25, 0.3) is 6.08 Å². The van der Waals surface area contributed by atoms with Crippen LogP contribution in [0.15, 0.2) is 18.5 Å². The molecule has 0 aliphatic heterocycles. The smallest absolute Gasteiger partial charge is 0.151 e. The fraction of sp³-hybridized carbons (Fsp3) is 0.400. The second kappa shape index (κ2) is 5.43. The van der Waals surface area contributed by atoms with Gasteiger partial charge in [-0.05, 0) is 25.0 Å². The van der Waals surface area contributed by atoms with Crippen molar-refractivity contribution in [2.24, 2.45) is 0 Å². The highest BCUT2D eigenvalue weighted by atomic mass is 16.5. The van der Waals surface area contributed by atoms with Gasteiger partial charge in [-0.25, -0.2) is 9.97 Å². The van der Waals surface area contributed by atoms with Gasteiger partial charge in [-0.1, -0.05) is 6.08 Å². The molecule has 0 N–H and O–H groups in total. The Balaban J connectivity index is 2.44. The van der Waals surface area contributed by atoms with Crippen molar-refractivity contribution in [1.29, 1.82) is 0 Å². The van der Waals surface area contributed by atoms with Gasteiger partial charge in [-0.2, -0.15) is 0 Å². The summed E-state index contributed by atoms with van der Waals surface area (Å²) < 4.78 is 4.91. The molecule has 0 spiro atoms. The van der Waals surface area contributed by atoms with E-state index in [4.69, 9.17) is 4.74 Å². The van der Waals surface area contributed by atoms with Gasteiger partial charge in [0.1, 0.15) is 0 Å². The summed E-state index contributed by atoms with van der Waals surface area (Å²) in [4.78, 5) is 8.27. The van der Waals surface area contributed by atoms with Crippen LogP contribution in [0.1, 0.15) is 17.8 Å². The van der Waals surface area contributed by atoms with Crippen molar-refractivity contribution < 1.29 is 4.74 Å². The molecular formula is C10H14N2O. The maximum Gasteiger partial charge on any atom is 0.151 e. The molecule has 0 aliphatic carbocycles. The van der Waals surface area contributed by atoms with Crippen LogP contribution in [-0.4, -0.2) is 23.7 Å². The van der Waals surface area contributed by atoms with E-state index in [1.807, 2.05) is 31.5 Å². The third kappa shape index (κ3) is 3.80. The first-order valence-electron chi connectivity index (χ1n) is 4.27. The van der Waals surface area contributed by atoms with E-state index in [0.29, 0.717) is 0 Å². The molecule has 0 radical (unpaired) electrons. The number of hydrogen-bond donors (Lipinski definition) is 0. The first kappa shape index (κ1) is 9.86. The minimum atomic E-state index is 0.738. The van der Waals surface area contributed by atoms with E-state index in [0.717, 1.165) is 24.4 Å². The van der Waals surface area contributed by atoms with Gasteiger partial charge in [0.15, 0.2) is 5.82 Å². The van der Waals surface area contributed by atoms with Gasteiger partial charge >= 0.3 is 0 Å². The summed E-state index contributed by atoms with van der Waals surface area (Å²) in [5.41, 5.74) is 1.08. The lowest BCUT2D eigenvalue weighted by Gasteiger charge is -1.93. The Morgan fingerprint density at radius 2 is 2.08 bits per heavy atom. The van der Waals surface area contributed by atoms with Gasteiger partial charge < -0.3 is 4.74 Å². The number of aromatic nitrogens is 2. The lowest BCUT2D eigenvalue weighted by Crippen LogP contribution is -1.88. The molecule has 13 heavy (non-hydrogen) atoms. The third-order valence-electron chi connectivity index (χ3n) is 1.56. The Hall–Kier alpha value is -1.22. The maximum atomic E-state index is 4.91. The summed E-state index contributed by atoms with van der Waals surface area (Å²) in [5, 5.41) is 0. The van der Waals surface area contributed by atoms with Crippen LogP contribution in [0.2, 0.25) is 0 Å². The van der Waals surface area contributed by atoms with Gasteiger partial charge in [-0.3, -0.25) is 0 Å². The monoisotopic (exact) mass is 178 g/mol. The fourth-order valence-electron chi connectivity index (χ4n) is 0.863. The Labute approximate surface area is 78.5 Å². The van der Waals surface area contributed by atoms with E-state index < -0.39 is 0 Å². The number of aryl methyl sites for hydroxylation is 1. The van der Waals surface area contributed by atoms with Crippen molar-refractivity contribution in [1.82, 2.24) is 9.97 Å². The maximum absolute atomic E-state index is 4.91. The zero-order chi connectivity index (χ0) is 9.52. The van der Waals surface area contributed by atoms with Crippen molar-refractivity contribution in [3.63, 3.8) is 0 Å². The number of hydrogen-bond acceptors (Lipinski definition) is 3. The van der Waals surface area contributed by atoms with Gasteiger partial charge in [0.05, 0.1) is 0 Å². The number of nitrogens with zero attached hydrogens (tertiary/aromatic N) is 2. The van der Waals surface area contributed by atoms with Crippen molar-refractivity contribution in [2.75, 3.05) is 13.7 Å². The predicted octanol–water partition coefficient (Wildman–Crippen LogP) is 1.83. The second-order valence-electron chi connectivity index (χ2n) is 2.80. The number of rotatable bonds is 4. The molecule has 0 fully saturated rings. The van der Waals surface area contributed by atoms with E-state index in [9.17, 15) is 0 Å². The first-order chi connectivity index (χ1) is 6.33. The molecule has 3 nitrogen and oxygen atoms in total. The summed E-state index contributed by atoms with van der Waals surface area (Å²) in [6.45, 7) is 2.71. The van der Waals surface area contributed by atoms with Crippen LogP contribution in [-0.2, 0) is 4.74 Å². The first-order valence-corrected chi connectivity index (χ1v) is 4.27. The van der Waals surface area contributed by atoms with E-state index >= 15 is 0 Å². The Bertz CT molecular complexity index is 267. The van der Waals surface area contributed by atoms with E-state index in [1.54, 1.807) is 7.11 Å². The highest BCUT2D eigenvalue weighted by Crippen LogP contribution is 1.96. The highest BCUT2D eigenvalue weighted by Gasteiger charge is 1.88. The molecule has 0 aromatic carbocycles. The second-order valence-corrected chi connectivity index (χ2v) is 2.80. The molecule has 0 unspecified atom stereocenters. The van der Waals surface area contributed by atoms with Gasteiger partial charge in [-0.15, -0.1) is 0 Å². The van der Waals surface area contributed by atoms with Crippen LogP contribution in [0, 0.1) is 6.92 Å². The topological polar surface area (TPSA) is 35.0 Å². The van der Waals surface area contributed by atoms with Crippen LogP contribution in [0.5, 0.6) is 0 Å². The van der Waals surface area contributed by atoms with Crippen LogP contribution in [0.3, 0.4) is 0 Å². The normalized spacial score (nSPS) is 10.9. The van der Waals surface area contributed by atoms with E-state index in [1.165, 1.54) is 0 Å². The molecule has 1 rings (SSSR count). The minimum Gasteiger partial charge on any atom is -0.384 e. The van der Waals surface area contributed by atoms with Crippen molar-refractivity contribution in [3.05, 3.63) is 29.9 Å². The Morgan fingerprint density at radius 3 is 2.69 bits per heavy atom. The fourth-order valence-corrected chi connectivity index (χ4v) is 0.863. The van der Waals surface area contributed by atoms with Gasteiger partial charge in [0.2, 0.25) is 0 Å². The summed E-state index contributed by atoms with van der Waals surface area (Å²) >= 11 is 0. The summed E-state index contributed by atoms with van der Waals surface area (Å²) in [5.74, 6) is 0.752. The lowest BCUT2D eigenvalue weighted by atomic mass is 10.3. The molecule has 0 bridgehead atoms. The zero-order valence-corrected chi connectivity index (χ0v) is 8.03. The van der Waals surface area contributed by atoms with Crippen LogP contribution in [0.4, 0.5) is 0 Å². The molecule has 0 saturated heterocycles. The molecule has 0 saturated carbocycles. The van der Waals surface area contributed by atoms with Crippen molar-refractivity contribution >= 4 is 6.08 Å². The standard InChI is InChI=1S/C10H14N2O/c1-9-7-11-10(12-8-9)5-3-4-6-13-2/h3,5,7-8H,4,6H2,1-2H3/b5-3+. The van der Waals surface area contributed by atoms with Crippen molar-refractivity contribution in [2.45, 2.75) is 13.3 Å². The minimum absolute atomic E-state index is 0.738. The SMILES string of the molecule is COCC/C=C/c1ncc(C)cn1. The molecule has 3 heteroatoms. The highest BCUT2D eigenvalue weighted by molar-refractivity contribution is 5.39. The number of ether oxygens (including phenoxy) is 1. The Morgan fingerprint density at radius 1 is 1.38 bits per heavy atom. The summed E-state index contributed by atoms with van der Waals surface area (Å²) in [6, 6.07) is 0. The predicted molar refractivity (Wildman–Crippen MR) is 52.3 cm³/mol. The number of methoxy groups -OCH3 is 1. The Kier molecular flexibility index (Phi) is 4.12. The lowest BCUT2D eigenvalue weighted by molar-refractivity contribution is 0.204. The average Bonchev–Trinajstić information content (AvgIpc) is 2.15. The van der Waals surface area contributed by atoms with Gasteiger partial charge in [0, 0.05) is 26.1 Å². The van der Waals surface area contributed by atoms with Crippen LogP contribution < -0.4 is 0 Å². The zero-order valence-electron chi connectivity index (χ0n) is 8.03. The van der Waals surface area contributed by atoms with E-state index in [-0.39, 0.29) is 0 Å². The molecular weight excluding hydrogens is 164 g/mol. The summed E-state index contributed by atoms with van der Waals surface area (Å²) in [7, 11) is 1.69. The molecule has 1 aromatic rings. The molecule has 0 atom stereocenters. The van der Waals surface area contributed by atoms with Gasteiger partial charge in [0.25, 0.3) is 0 Å². The molecule has 0 amide bonds. The van der Waals surface area contributed by atoms with Crippen molar-refractivity contribution in [3.8, 4) is 0 Å². The molecule has 70 valence electrons. The largest absolute Gasteiger partial charge is 0.384 e. The molecule has 1 aromatic heterocycles. The van der Waals surface area contributed by atoms with E-state index in [2.05, 4.69) is 9.97 Å². The third-order valence-corrected chi connectivity index (χ3v) is 1.56. The quantitative estimate of drug-likeness (QED) is 0.660. The van der Waals surface area contributed by atoms with Crippen LogP contribution >= 0.6 is 0 Å². The molecule has 0 aliphatic rings. The average molecular weight is 178 g/mol. The molecule has 1 heterocycles.